The Kier molecular flexibility index (Phi) is 8.47. The third-order valence-electron chi connectivity index (χ3n) is 6.33. The number of amides is 1. The lowest BCUT2D eigenvalue weighted by atomic mass is 9.98. The van der Waals surface area contributed by atoms with Crippen LogP contribution in [-0.4, -0.2) is 42.4 Å². The Morgan fingerprint density at radius 3 is 2.15 bits per heavy atom. The number of nitrogens with one attached hydrogen (secondary N) is 1. The van der Waals surface area contributed by atoms with Gasteiger partial charge in [0.05, 0.1) is 41.1 Å². The van der Waals surface area contributed by atoms with Gasteiger partial charge in [-0.2, -0.15) is 0 Å². The first-order valence-corrected chi connectivity index (χ1v) is 12.7. The molecule has 0 aliphatic rings. The standard InChI is InChI=1S/C29H26Cl2N2O6/c1-15-24(16(2)39-33-15)19-12-13-20(30)26(27(19)31)28(34)32-21(29(35)36)14-17-8-10-18(11-9-17)25-22(37-3)6-5-7-23(25)38-4/h5-13,21H,14H2,1-4H3,(H,32,34)(H,35,36)/t21-/m0/s1. The number of nitrogens with zero attached hydrogens (tertiary/aromatic N) is 1. The smallest absolute Gasteiger partial charge is 0.326 e. The van der Waals surface area contributed by atoms with Gasteiger partial charge in [-0.15, -0.1) is 0 Å². The predicted molar refractivity (Wildman–Crippen MR) is 149 cm³/mol. The number of methoxy groups -OCH3 is 2. The summed E-state index contributed by atoms with van der Waals surface area (Å²) in [5.41, 5.74) is 4.03. The number of hydrogen-bond acceptors (Lipinski definition) is 6. The summed E-state index contributed by atoms with van der Waals surface area (Å²) >= 11 is 12.9. The fourth-order valence-corrected chi connectivity index (χ4v) is 5.07. The molecule has 1 aromatic heterocycles. The fraction of sp³-hybridized carbons (Fsp3) is 0.207. The van der Waals surface area contributed by atoms with Gasteiger partial charge in [0.25, 0.3) is 5.91 Å². The summed E-state index contributed by atoms with van der Waals surface area (Å²) in [4.78, 5) is 25.4. The zero-order chi connectivity index (χ0) is 28.3. The molecule has 0 aliphatic heterocycles. The number of carbonyl (C=O) groups is 2. The number of halogens is 2. The van der Waals surface area contributed by atoms with Gasteiger partial charge in [-0.25, -0.2) is 4.79 Å². The molecule has 0 aliphatic carbocycles. The number of aryl methyl sites for hydroxylation is 2. The zero-order valence-electron chi connectivity index (χ0n) is 21.7. The van der Waals surface area contributed by atoms with Crippen LogP contribution in [0, 0.1) is 13.8 Å². The molecule has 10 heteroatoms. The van der Waals surface area contributed by atoms with E-state index in [9.17, 15) is 14.7 Å². The van der Waals surface area contributed by atoms with Crippen LogP contribution in [0.4, 0.5) is 0 Å². The van der Waals surface area contributed by atoms with Crippen molar-refractivity contribution in [3.8, 4) is 33.8 Å². The molecule has 4 rings (SSSR count). The first kappa shape index (κ1) is 28.0. The van der Waals surface area contributed by atoms with E-state index in [-0.39, 0.29) is 22.0 Å². The van der Waals surface area contributed by atoms with E-state index < -0.39 is 17.9 Å². The molecule has 8 nitrogen and oxygen atoms in total. The molecule has 3 aromatic carbocycles. The molecule has 0 radical (unpaired) electrons. The van der Waals surface area contributed by atoms with Crippen LogP contribution in [0.5, 0.6) is 11.5 Å². The van der Waals surface area contributed by atoms with Gasteiger partial charge in [-0.1, -0.05) is 64.8 Å². The first-order chi connectivity index (χ1) is 18.7. The quantitative estimate of drug-likeness (QED) is 0.241. The van der Waals surface area contributed by atoms with Crippen LogP contribution >= 0.6 is 23.2 Å². The Morgan fingerprint density at radius 1 is 0.974 bits per heavy atom. The maximum Gasteiger partial charge on any atom is 0.326 e. The van der Waals surface area contributed by atoms with Crippen molar-refractivity contribution in [1.82, 2.24) is 10.5 Å². The highest BCUT2D eigenvalue weighted by atomic mass is 35.5. The maximum absolute atomic E-state index is 13.3. The number of aliphatic carboxylic acids is 1. The van der Waals surface area contributed by atoms with Crippen LogP contribution in [-0.2, 0) is 11.2 Å². The monoisotopic (exact) mass is 568 g/mol. The van der Waals surface area contributed by atoms with E-state index in [0.29, 0.717) is 39.6 Å². The molecule has 202 valence electrons. The topological polar surface area (TPSA) is 111 Å². The lowest BCUT2D eigenvalue weighted by Crippen LogP contribution is -2.42. The third-order valence-corrected chi connectivity index (χ3v) is 7.04. The Labute approximate surface area is 235 Å². The highest BCUT2D eigenvalue weighted by Gasteiger charge is 2.26. The summed E-state index contributed by atoms with van der Waals surface area (Å²) in [6.07, 6.45) is 0.0310. The second-order valence-electron chi connectivity index (χ2n) is 8.79. The molecule has 0 bridgehead atoms. The highest BCUT2D eigenvalue weighted by molar-refractivity contribution is 6.41. The summed E-state index contributed by atoms with van der Waals surface area (Å²) in [6.45, 7) is 3.49. The molecule has 39 heavy (non-hydrogen) atoms. The normalized spacial score (nSPS) is 11.6. The molecule has 0 spiro atoms. The summed E-state index contributed by atoms with van der Waals surface area (Å²) in [5, 5.41) is 16.5. The molecule has 1 heterocycles. The molecule has 2 N–H and O–H groups in total. The van der Waals surface area contributed by atoms with Crippen LogP contribution in [0.2, 0.25) is 10.0 Å². The molecule has 1 amide bonds. The van der Waals surface area contributed by atoms with E-state index in [1.54, 1.807) is 46.3 Å². The van der Waals surface area contributed by atoms with E-state index in [0.717, 1.165) is 11.1 Å². The minimum Gasteiger partial charge on any atom is -0.496 e. The maximum atomic E-state index is 13.3. The van der Waals surface area contributed by atoms with Crippen LogP contribution < -0.4 is 14.8 Å². The van der Waals surface area contributed by atoms with Gasteiger partial charge in [0.15, 0.2) is 0 Å². The van der Waals surface area contributed by atoms with E-state index in [4.69, 9.17) is 37.2 Å². The van der Waals surface area contributed by atoms with Crippen LogP contribution in [0.1, 0.15) is 27.4 Å². The molecule has 0 fully saturated rings. The number of carboxylic acids is 1. The summed E-state index contributed by atoms with van der Waals surface area (Å²) in [5.74, 6) is -0.0919. The van der Waals surface area contributed by atoms with Crippen molar-refractivity contribution in [1.29, 1.82) is 0 Å². The van der Waals surface area contributed by atoms with Gasteiger partial charge < -0.3 is 24.4 Å². The predicted octanol–water partition coefficient (Wildman–Crippen LogP) is 6.38. The lowest BCUT2D eigenvalue weighted by molar-refractivity contribution is -0.139. The second kappa shape index (κ2) is 11.8. The summed E-state index contributed by atoms with van der Waals surface area (Å²) < 4.78 is 16.2. The molecule has 0 saturated heterocycles. The Bertz CT molecular complexity index is 1490. The molecule has 1 atom stereocenters. The Balaban J connectivity index is 1.59. The molecule has 0 saturated carbocycles. The van der Waals surface area contributed by atoms with Crippen molar-refractivity contribution < 1.29 is 28.7 Å². The number of rotatable bonds is 9. The number of ether oxygens (including phenoxy) is 2. The second-order valence-corrected chi connectivity index (χ2v) is 9.57. The summed E-state index contributed by atoms with van der Waals surface area (Å²) in [7, 11) is 3.16. The van der Waals surface area contributed by atoms with Crippen LogP contribution in [0.15, 0.2) is 59.1 Å². The third kappa shape index (κ3) is 5.72. The highest BCUT2D eigenvalue weighted by Crippen LogP contribution is 2.39. The fourth-order valence-electron chi connectivity index (χ4n) is 4.43. The SMILES string of the molecule is COc1cccc(OC)c1-c1ccc(C[C@H](NC(=O)c2c(Cl)ccc(-c3c(C)noc3C)c2Cl)C(=O)O)cc1. The van der Waals surface area contributed by atoms with Crippen molar-refractivity contribution in [3.05, 3.63) is 87.2 Å². The average Bonchev–Trinajstić information content (AvgIpc) is 3.25. The minimum absolute atomic E-state index is 0.0271. The van der Waals surface area contributed by atoms with Gasteiger partial charge >= 0.3 is 5.97 Å². The molecular formula is C29H26Cl2N2O6. The zero-order valence-corrected chi connectivity index (χ0v) is 23.2. The molecule has 0 unspecified atom stereocenters. The summed E-state index contributed by atoms with van der Waals surface area (Å²) in [6, 6.07) is 14.7. The number of benzene rings is 3. The molecule has 4 aromatic rings. The van der Waals surface area contributed by atoms with Gasteiger partial charge in [0.1, 0.15) is 23.3 Å². The van der Waals surface area contributed by atoms with E-state index in [1.165, 1.54) is 6.07 Å². The van der Waals surface area contributed by atoms with Gasteiger partial charge in [0.2, 0.25) is 0 Å². The molecular weight excluding hydrogens is 543 g/mol. The Hall–Kier alpha value is -4.01. The van der Waals surface area contributed by atoms with Gasteiger partial charge in [0, 0.05) is 17.5 Å². The first-order valence-electron chi connectivity index (χ1n) is 11.9. The van der Waals surface area contributed by atoms with Crippen molar-refractivity contribution in [2.75, 3.05) is 14.2 Å². The van der Waals surface area contributed by atoms with Gasteiger partial charge in [-0.05, 0) is 43.2 Å². The van der Waals surface area contributed by atoms with E-state index in [2.05, 4.69) is 10.5 Å². The van der Waals surface area contributed by atoms with Crippen molar-refractivity contribution in [2.24, 2.45) is 0 Å². The van der Waals surface area contributed by atoms with Crippen molar-refractivity contribution >= 4 is 35.1 Å². The number of carbonyl (C=O) groups excluding carboxylic acids is 1. The number of hydrogen-bond donors (Lipinski definition) is 2. The Morgan fingerprint density at radius 2 is 1.62 bits per heavy atom. The average molecular weight is 569 g/mol. The van der Waals surface area contributed by atoms with Crippen molar-refractivity contribution in [2.45, 2.75) is 26.3 Å². The largest absolute Gasteiger partial charge is 0.496 e. The van der Waals surface area contributed by atoms with Crippen molar-refractivity contribution in [3.63, 3.8) is 0 Å². The van der Waals surface area contributed by atoms with E-state index in [1.807, 2.05) is 30.3 Å². The van der Waals surface area contributed by atoms with Crippen LogP contribution in [0.3, 0.4) is 0 Å². The minimum atomic E-state index is -1.24. The van der Waals surface area contributed by atoms with E-state index >= 15 is 0 Å². The number of carboxylic acid groups (broad SMARTS) is 1. The lowest BCUT2D eigenvalue weighted by Gasteiger charge is -2.18. The van der Waals surface area contributed by atoms with Gasteiger partial charge in [-0.3, -0.25) is 4.79 Å². The van der Waals surface area contributed by atoms with Crippen LogP contribution in [0.25, 0.3) is 22.3 Å². The number of aromatic nitrogens is 1.